The van der Waals surface area contributed by atoms with Gasteiger partial charge in [0.15, 0.2) is 5.58 Å². The van der Waals surface area contributed by atoms with E-state index in [1.807, 2.05) is 24.3 Å². The van der Waals surface area contributed by atoms with Gasteiger partial charge in [-0.25, -0.2) is 4.85 Å². The first-order valence-electron chi connectivity index (χ1n) is 13.7. The molecule has 0 N–H and O–H groups in total. The van der Waals surface area contributed by atoms with Crippen molar-refractivity contribution in [3.8, 4) is 11.4 Å². The van der Waals surface area contributed by atoms with Gasteiger partial charge in [0.05, 0.1) is 34.3 Å². The second kappa shape index (κ2) is 8.11. The van der Waals surface area contributed by atoms with Crippen molar-refractivity contribution in [1.29, 1.82) is 0 Å². The van der Waals surface area contributed by atoms with E-state index >= 15 is 0 Å². The third-order valence-corrected chi connectivity index (χ3v) is 8.33. The van der Waals surface area contributed by atoms with Crippen LogP contribution in [0.15, 0.2) is 132 Å². The van der Waals surface area contributed by atoms with Gasteiger partial charge in [-0.2, -0.15) is 0 Å². The number of nitrogens with zero attached hydrogens (tertiary/aromatic N) is 3. The lowest BCUT2D eigenvalue weighted by Crippen LogP contribution is -1.96. The van der Waals surface area contributed by atoms with Crippen molar-refractivity contribution < 1.29 is 4.42 Å². The summed E-state index contributed by atoms with van der Waals surface area (Å²) in [7, 11) is 0. The predicted octanol–water partition coefficient (Wildman–Crippen LogP) is 10.3. The number of para-hydroxylation sites is 5. The summed E-state index contributed by atoms with van der Waals surface area (Å²) in [6, 6.07) is 44.2. The summed E-state index contributed by atoms with van der Waals surface area (Å²) in [5, 5.41) is 6.79. The van der Waals surface area contributed by atoms with E-state index in [0.29, 0.717) is 5.69 Å². The number of aromatic nitrogens is 2. The quantitative estimate of drug-likeness (QED) is 0.207. The molecule has 6 aromatic carbocycles. The van der Waals surface area contributed by atoms with Crippen LogP contribution in [0.5, 0.6) is 0 Å². The molecule has 0 atom stereocenters. The number of hydrogen-bond acceptors (Lipinski definition) is 1. The summed E-state index contributed by atoms with van der Waals surface area (Å²) in [4.78, 5) is 3.90. The van der Waals surface area contributed by atoms with Crippen molar-refractivity contribution in [2.75, 3.05) is 0 Å². The fourth-order valence-corrected chi connectivity index (χ4v) is 6.63. The second-order valence-corrected chi connectivity index (χ2v) is 10.4. The first kappa shape index (κ1) is 22.1. The maximum absolute atomic E-state index is 7.90. The highest BCUT2D eigenvalue weighted by molar-refractivity contribution is 6.15. The molecular weight excluding hydrogens is 502 g/mol. The Morgan fingerprint density at radius 1 is 0.512 bits per heavy atom. The van der Waals surface area contributed by atoms with Crippen LogP contribution in [-0.4, -0.2) is 9.13 Å². The molecule has 4 heteroatoms. The van der Waals surface area contributed by atoms with Crippen LogP contribution >= 0.6 is 0 Å². The smallest absolute Gasteiger partial charge is 0.211 e. The molecule has 0 bridgehead atoms. The summed E-state index contributed by atoms with van der Waals surface area (Å²) in [6.07, 6.45) is 0. The van der Waals surface area contributed by atoms with Gasteiger partial charge < -0.3 is 13.6 Å². The summed E-state index contributed by atoms with van der Waals surface area (Å²) in [6.45, 7) is 7.90. The summed E-state index contributed by atoms with van der Waals surface area (Å²) in [5.41, 5.74) is 8.73. The molecule has 0 saturated heterocycles. The van der Waals surface area contributed by atoms with Crippen LogP contribution in [0.1, 0.15) is 0 Å². The van der Waals surface area contributed by atoms with E-state index in [9.17, 15) is 0 Å². The number of fused-ring (bicyclic) bond motifs is 9. The molecule has 0 spiro atoms. The minimum Gasteiger partial charge on any atom is -0.454 e. The van der Waals surface area contributed by atoms with Crippen molar-refractivity contribution in [3.05, 3.63) is 139 Å². The average Bonchev–Trinajstić information content (AvgIpc) is 3.68. The van der Waals surface area contributed by atoms with Crippen molar-refractivity contribution >= 4 is 71.2 Å². The lowest BCUT2D eigenvalue weighted by Gasteiger charge is -2.11. The van der Waals surface area contributed by atoms with Crippen LogP contribution in [0.4, 0.5) is 5.69 Å². The maximum atomic E-state index is 7.90. The van der Waals surface area contributed by atoms with Crippen molar-refractivity contribution in [2.45, 2.75) is 0 Å². The minimum absolute atomic E-state index is 0.651. The van der Waals surface area contributed by atoms with E-state index in [2.05, 4.69) is 117 Å². The third-order valence-electron chi connectivity index (χ3n) is 8.33. The highest BCUT2D eigenvalue weighted by atomic mass is 16.3. The molecule has 9 aromatic rings. The molecule has 3 heterocycles. The number of hydrogen-bond donors (Lipinski definition) is 0. The van der Waals surface area contributed by atoms with E-state index in [1.165, 1.54) is 5.39 Å². The lowest BCUT2D eigenvalue weighted by atomic mass is 10.1. The Balaban J connectivity index is 1.39. The van der Waals surface area contributed by atoms with Crippen LogP contribution in [0, 0.1) is 6.57 Å². The molecule has 0 aliphatic carbocycles. The lowest BCUT2D eigenvalue weighted by molar-refractivity contribution is 0.666. The van der Waals surface area contributed by atoms with Gasteiger partial charge >= 0.3 is 0 Å². The van der Waals surface area contributed by atoms with Gasteiger partial charge in [0.2, 0.25) is 5.69 Å². The molecule has 0 unspecified atom stereocenters. The third kappa shape index (κ3) is 2.92. The van der Waals surface area contributed by atoms with Crippen molar-refractivity contribution in [3.63, 3.8) is 0 Å². The number of rotatable bonds is 2. The Hall–Kier alpha value is -5.79. The molecule has 9 rings (SSSR count). The second-order valence-electron chi connectivity index (χ2n) is 10.4. The molecule has 0 amide bonds. The van der Waals surface area contributed by atoms with E-state index < -0.39 is 0 Å². The molecule has 3 aromatic heterocycles. The topological polar surface area (TPSA) is 27.4 Å². The van der Waals surface area contributed by atoms with Gasteiger partial charge in [0, 0.05) is 32.6 Å². The van der Waals surface area contributed by atoms with Crippen molar-refractivity contribution in [2.24, 2.45) is 0 Å². The van der Waals surface area contributed by atoms with Crippen LogP contribution in [0.2, 0.25) is 0 Å². The zero-order chi connectivity index (χ0) is 27.1. The van der Waals surface area contributed by atoms with Gasteiger partial charge in [0.1, 0.15) is 5.58 Å². The largest absolute Gasteiger partial charge is 0.454 e. The molecule has 0 saturated carbocycles. The van der Waals surface area contributed by atoms with E-state index in [4.69, 9.17) is 11.0 Å². The summed E-state index contributed by atoms with van der Waals surface area (Å²) < 4.78 is 11.0. The number of benzene rings is 6. The SMILES string of the molecule is [C-]#[N+]c1cccc2c3ccccc3n(-c3ccc4c(c3)c3ccccc3n4-c3cccc4c3oc3ccccc34)c12. The summed E-state index contributed by atoms with van der Waals surface area (Å²) >= 11 is 0. The number of furan rings is 1. The highest BCUT2D eigenvalue weighted by Crippen LogP contribution is 2.41. The van der Waals surface area contributed by atoms with Gasteiger partial charge in [-0.05, 0) is 47.9 Å². The minimum atomic E-state index is 0.651. The van der Waals surface area contributed by atoms with Gasteiger partial charge in [-0.3, -0.25) is 0 Å². The summed E-state index contributed by atoms with van der Waals surface area (Å²) in [5.74, 6) is 0. The van der Waals surface area contributed by atoms with Crippen LogP contribution in [0.3, 0.4) is 0 Å². The van der Waals surface area contributed by atoms with Crippen LogP contribution in [-0.2, 0) is 0 Å². The molecule has 0 fully saturated rings. The zero-order valence-corrected chi connectivity index (χ0v) is 21.9. The van der Waals surface area contributed by atoms with Gasteiger partial charge in [0.25, 0.3) is 0 Å². The van der Waals surface area contributed by atoms with E-state index in [1.54, 1.807) is 0 Å². The Bertz CT molecular complexity index is 2550. The van der Waals surface area contributed by atoms with Crippen LogP contribution in [0.25, 0.3) is 81.8 Å². The van der Waals surface area contributed by atoms with Gasteiger partial charge in [-0.15, -0.1) is 0 Å². The standard InChI is InChI=1S/C37H21N3O/c1-38-30-15-8-13-27-24-10-2-5-16-31(24)39(36(27)30)23-20-21-33-29(22-23)25-11-3-6-17-32(25)40(33)34-18-9-14-28-26-12-4-7-19-35(26)41-37(28)34/h2-22H. The van der Waals surface area contributed by atoms with E-state index in [0.717, 1.165) is 71.5 Å². The monoisotopic (exact) mass is 523 g/mol. The first-order valence-corrected chi connectivity index (χ1v) is 13.7. The average molecular weight is 524 g/mol. The molecule has 4 nitrogen and oxygen atoms in total. The first-order chi connectivity index (χ1) is 20.3. The zero-order valence-electron chi connectivity index (χ0n) is 21.9. The van der Waals surface area contributed by atoms with E-state index in [-0.39, 0.29) is 0 Å². The Labute approximate surface area is 234 Å². The molecule has 0 aliphatic heterocycles. The molecular formula is C37H21N3O. The fraction of sp³-hybridized carbons (Fsp3) is 0. The molecule has 0 radical (unpaired) electrons. The Morgan fingerprint density at radius 3 is 1.98 bits per heavy atom. The van der Waals surface area contributed by atoms with Crippen molar-refractivity contribution in [1.82, 2.24) is 9.13 Å². The normalized spacial score (nSPS) is 11.9. The van der Waals surface area contributed by atoms with Crippen LogP contribution < -0.4 is 0 Å². The Morgan fingerprint density at radius 2 is 1.15 bits per heavy atom. The Kier molecular flexibility index (Phi) is 4.37. The van der Waals surface area contributed by atoms with Gasteiger partial charge in [-0.1, -0.05) is 84.9 Å². The predicted molar refractivity (Wildman–Crippen MR) is 169 cm³/mol. The molecule has 190 valence electrons. The molecule has 0 aliphatic rings. The molecule has 41 heavy (non-hydrogen) atoms. The fourth-order valence-electron chi connectivity index (χ4n) is 6.63. The maximum Gasteiger partial charge on any atom is 0.211 e. The highest BCUT2D eigenvalue weighted by Gasteiger charge is 2.20.